The average molecular weight is 258 g/mol. The van der Waals surface area contributed by atoms with Gasteiger partial charge in [-0.15, -0.1) is 0 Å². The molecular weight excluding hydrogens is 243 g/mol. The van der Waals surface area contributed by atoms with Crippen LogP contribution in [0.15, 0.2) is 24.3 Å². The molecule has 0 bridgehead atoms. The second-order valence-electron chi connectivity index (χ2n) is 3.99. The molecule has 94 valence electrons. The summed E-state index contributed by atoms with van der Waals surface area (Å²) in [7, 11) is -3.27. The summed E-state index contributed by atoms with van der Waals surface area (Å²) in [6, 6.07) is 6.26. The molecular formula is C11H15FN2O2S. The Morgan fingerprint density at radius 2 is 2.06 bits per heavy atom. The van der Waals surface area contributed by atoms with Crippen molar-refractivity contribution in [3.8, 4) is 0 Å². The number of halogens is 1. The first-order chi connectivity index (χ1) is 8.09. The number of rotatable bonds is 2. The number of benzene rings is 1. The Bertz CT molecular complexity index is 490. The van der Waals surface area contributed by atoms with Crippen LogP contribution in [-0.2, 0) is 16.6 Å². The van der Waals surface area contributed by atoms with Gasteiger partial charge in [0.2, 0.25) is 10.0 Å². The van der Waals surface area contributed by atoms with Crippen LogP contribution in [0.3, 0.4) is 0 Å². The smallest absolute Gasteiger partial charge is 0.215 e. The maximum atomic E-state index is 13.5. The highest BCUT2D eigenvalue weighted by molar-refractivity contribution is 7.89. The van der Waals surface area contributed by atoms with Gasteiger partial charge in [0.25, 0.3) is 0 Å². The third-order valence-electron chi connectivity index (χ3n) is 2.77. The predicted octanol–water partition coefficient (Wildman–Crippen LogP) is 0.561. The summed E-state index contributed by atoms with van der Waals surface area (Å²) in [5, 5.41) is 3.02. The average Bonchev–Trinajstić information content (AvgIpc) is 2.44. The lowest BCUT2D eigenvalue weighted by Gasteiger charge is -2.19. The molecule has 1 saturated heterocycles. The van der Waals surface area contributed by atoms with Crippen molar-refractivity contribution in [1.82, 2.24) is 9.62 Å². The monoisotopic (exact) mass is 258 g/mol. The maximum Gasteiger partial charge on any atom is 0.215 e. The topological polar surface area (TPSA) is 49.4 Å². The summed E-state index contributed by atoms with van der Waals surface area (Å²) < 4.78 is 38.6. The lowest BCUT2D eigenvalue weighted by atomic mass is 10.2. The van der Waals surface area contributed by atoms with E-state index in [0.29, 0.717) is 25.2 Å². The van der Waals surface area contributed by atoms with Gasteiger partial charge in [-0.25, -0.2) is 12.8 Å². The molecule has 17 heavy (non-hydrogen) atoms. The Hall–Kier alpha value is -0.980. The van der Waals surface area contributed by atoms with Crippen molar-refractivity contribution < 1.29 is 12.8 Å². The standard InChI is InChI=1S/C11H15FN2O2S/c12-11-4-2-1-3-10(11)9-14-7-5-13-6-8-17(14,15)16/h1-4,13H,5-9H2. The molecule has 1 fully saturated rings. The molecule has 0 atom stereocenters. The van der Waals surface area contributed by atoms with Crippen LogP contribution in [0.4, 0.5) is 4.39 Å². The molecule has 0 radical (unpaired) electrons. The molecule has 4 nitrogen and oxygen atoms in total. The van der Waals surface area contributed by atoms with E-state index < -0.39 is 10.0 Å². The molecule has 1 aromatic rings. The molecule has 0 saturated carbocycles. The van der Waals surface area contributed by atoms with Crippen molar-refractivity contribution in [2.75, 3.05) is 25.4 Å². The van der Waals surface area contributed by atoms with Crippen molar-refractivity contribution in [3.05, 3.63) is 35.6 Å². The summed E-state index contributed by atoms with van der Waals surface area (Å²) in [5.74, 6) is -0.290. The van der Waals surface area contributed by atoms with E-state index in [1.807, 2.05) is 0 Å². The maximum absolute atomic E-state index is 13.5. The molecule has 1 heterocycles. The summed E-state index contributed by atoms with van der Waals surface area (Å²) in [6.07, 6.45) is 0. The zero-order valence-corrected chi connectivity index (χ0v) is 10.2. The predicted molar refractivity (Wildman–Crippen MR) is 63.5 cm³/mol. The van der Waals surface area contributed by atoms with Crippen molar-refractivity contribution in [2.24, 2.45) is 0 Å². The van der Waals surface area contributed by atoms with Crippen LogP contribution in [0.25, 0.3) is 0 Å². The highest BCUT2D eigenvalue weighted by Crippen LogP contribution is 2.13. The summed E-state index contributed by atoms with van der Waals surface area (Å²) in [5.41, 5.74) is 0.415. The van der Waals surface area contributed by atoms with Crippen LogP contribution in [0.1, 0.15) is 5.56 Å². The van der Waals surface area contributed by atoms with Crippen molar-refractivity contribution in [1.29, 1.82) is 0 Å². The number of hydrogen-bond donors (Lipinski definition) is 1. The molecule has 1 aromatic carbocycles. The minimum absolute atomic E-state index is 0.0709. The minimum Gasteiger partial charge on any atom is -0.314 e. The fourth-order valence-electron chi connectivity index (χ4n) is 1.79. The molecule has 2 rings (SSSR count). The first-order valence-corrected chi connectivity index (χ1v) is 7.12. The van der Waals surface area contributed by atoms with Crippen molar-refractivity contribution in [2.45, 2.75) is 6.54 Å². The van der Waals surface area contributed by atoms with E-state index in [0.717, 1.165) is 0 Å². The van der Waals surface area contributed by atoms with Crippen molar-refractivity contribution >= 4 is 10.0 Å². The summed E-state index contributed by atoms with van der Waals surface area (Å²) in [6.45, 7) is 1.55. The van der Waals surface area contributed by atoms with Gasteiger partial charge in [-0.05, 0) is 6.07 Å². The Balaban J connectivity index is 2.19. The Kier molecular flexibility index (Phi) is 3.76. The molecule has 0 aromatic heterocycles. The number of nitrogens with one attached hydrogen (secondary N) is 1. The van der Waals surface area contributed by atoms with Gasteiger partial charge in [0.15, 0.2) is 0 Å². The van der Waals surface area contributed by atoms with Crippen LogP contribution >= 0.6 is 0 Å². The minimum atomic E-state index is -3.27. The lowest BCUT2D eigenvalue weighted by Crippen LogP contribution is -2.33. The first kappa shape index (κ1) is 12.5. The zero-order valence-electron chi connectivity index (χ0n) is 9.39. The van der Waals surface area contributed by atoms with E-state index in [-0.39, 0.29) is 18.1 Å². The van der Waals surface area contributed by atoms with Gasteiger partial charge >= 0.3 is 0 Å². The third kappa shape index (κ3) is 3.02. The van der Waals surface area contributed by atoms with Crippen LogP contribution in [-0.4, -0.2) is 38.1 Å². The fraction of sp³-hybridized carbons (Fsp3) is 0.455. The molecule has 0 spiro atoms. The summed E-state index contributed by atoms with van der Waals surface area (Å²) >= 11 is 0. The highest BCUT2D eigenvalue weighted by atomic mass is 32.2. The molecule has 0 amide bonds. The number of nitrogens with zero attached hydrogens (tertiary/aromatic N) is 1. The van der Waals surface area contributed by atoms with Gasteiger partial charge in [0.05, 0.1) is 5.75 Å². The normalized spacial score (nSPS) is 21.0. The number of sulfonamides is 1. The number of hydrogen-bond acceptors (Lipinski definition) is 3. The van der Waals surface area contributed by atoms with Gasteiger partial charge in [0.1, 0.15) is 5.82 Å². The van der Waals surface area contributed by atoms with Crippen LogP contribution in [0, 0.1) is 5.82 Å². The molecule has 1 aliphatic heterocycles. The molecule has 0 unspecified atom stereocenters. The van der Waals surface area contributed by atoms with E-state index in [2.05, 4.69) is 5.32 Å². The van der Waals surface area contributed by atoms with E-state index in [4.69, 9.17) is 0 Å². The van der Waals surface area contributed by atoms with Gasteiger partial charge < -0.3 is 5.32 Å². The summed E-state index contributed by atoms with van der Waals surface area (Å²) in [4.78, 5) is 0. The first-order valence-electron chi connectivity index (χ1n) is 5.51. The lowest BCUT2D eigenvalue weighted by molar-refractivity contribution is 0.407. The Labute approximate surface area is 100 Å². The molecule has 1 N–H and O–H groups in total. The van der Waals surface area contributed by atoms with E-state index in [1.165, 1.54) is 10.4 Å². The van der Waals surface area contributed by atoms with Gasteiger partial charge in [-0.3, -0.25) is 0 Å². The van der Waals surface area contributed by atoms with E-state index in [9.17, 15) is 12.8 Å². The van der Waals surface area contributed by atoms with Crippen LogP contribution in [0.2, 0.25) is 0 Å². The van der Waals surface area contributed by atoms with Crippen LogP contribution in [0.5, 0.6) is 0 Å². The largest absolute Gasteiger partial charge is 0.314 e. The zero-order chi connectivity index (χ0) is 12.3. The second kappa shape index (κ2) is 5.12. The Morgan fingerprint density at radius 1 is 1.29 bits per heavy atom. The molecule has 1 aliphatic rings. The van der Waals surface area contributed by atoms with Crippen molar-refractivity contribution in [3.63, 3.8) is 0 Å². The van der Waals surface area contributed by atoms with E-state index >= 15 is 0 Å². The van der Waals surface area contributed by atoms with Gasteiger partial charge in [0, 0.05) is 31.7 Å². The fourth-order valence-corrected chi connectivity index (χ4v) is 3.16. The van der Waals surface area contributed by atoms with Crippen LogP contribution < -0.4 is 5.32 Å². The van der Waals surface area contributed by atoms with E-state index in [1.54, 1.807) is 18.2 Å². The third-order valence-corrected chi connectivity index (χ3v) is 4.59. The Morgan fingerprint density at radius 3 is 2.82 bits per heavy atom. The van der Waals surface area contributed by atoms with Gasteiger partial charge in [-0.1, -0.05) is 18.2 Å². The molecule has 6 heteroatoms. The SMILES string of the molecule is O=S1(=O)CCNCCN1Cc1ccccc1F. The quantitative estimate of drug-likeness (QED) is 0.843. The highest BCUT2D eigenvalue weighted by Gasteiger charge is 2.24. The second-order valence-corrected chi connectivity index (χ2v) is 6.08. The van der Waals surface area contributed by atoms with Gasteiger partial charge in [-0.2, -0.15) is 4.31 Å². The molecule has 0 aliphatic carbocycles.